The lowest BCUT2D eigenvalue weighted by molar-refractivity contribution is 0.172. The van der Waals surface area contributed by atoms with Crippen LogP contribution in [0.2, 0.25) is 10.0 Å². The first-order valence-electron chi connectivity index (χ1n) is 6.00. The Morgan fingerprint density at radius 1 is 1.00 bits per heavy atom. The Morgan fingerprint density at radius 3 is 2.39 bits per heavy atom. The summed E-state index contributed by atoms with van der Waals surface area (Å²) in [4.78, 5) is 2.21. The van der Waals surface area contributed by atoms with Gasteiger partial charge in [-0.05, 0) is 6.07 Å². The summed E-state index contributed by atoms with van der Waals surface area (Å²) >= 11 is 12.5. The summed E-state index contributed by atoms with van der Waals surface area (Å²) in [6, 6.07) is 1.73. The van der Waals surface area contributed by atoms with Gasteiger partial charge in [-0.25, -0.2) is 0 Å². The topological polar surface area (TPSA) is 33.7 Å². The van der Waals surface area contributed by atoms with E-state index in [4.69, 9.17) is 32.7 Å². The van der Waals surface area contributed by atoms with Crippen molar-refractivity contribution < 1.29 is 9.47 Å². The van der Waals surface area contributed by atoms with Crippen LogP contribution in [-0.4, -0.2) is 39.4 Å². The predicted octanol–water partition coefficient (Wildman–Crippen LogP) is 2.17. The van der Waals surface area contributed by atoms with Gasteiger partial charge in [0.05, 0.1) is 10.0 Å². The number of ether oxygens (including phenoxy) is 2. The van der Waals surface area contributed by atoms with Gasteiger partial charge in [-0.15, -0.1) is 0 Å². The molecular formula is C12H14Cl2N2O2. The van der Waals surface area contributed by atoms with Gasteiger partial charge in [0.2, 0.25) is 0 Å². The van der Waals surface area contributed by atoms with Crippen LogP contribution < -0.4 is 19.7 Å². The highest BCUT2D eigenvalue weighted by atomic mass is 35.5. The quantitative estimate of drug-likeness (QED) is 0.859. The molecule has 2 heterocycles. The molecule has 1 saturated heterocycles. The Morgan fingerprint density at radius 2 is 1.67 bits per heavy atom. The molecular weight excluding hydrogens is 275 g/mol. The zero-order valence-corrected chi connectivity index (χ0v) is 11.4. The van der Waals surface area contributed by atoms with E-state index in [9.17, 15) is 0 Å². The van der Waals surface area contributed by atoms with Gasteiger partial charge in [0.25, 0.3) is 0 Å². The van der Waals surface area contributed by atoms with Gasteiger partial charge in [-0.3, -0.25) is 0 Å². The van der Waals surface area contributed by atoms with Crippen molar-refractivity contribution in [3.63, 3.8) is 0 Å². The van der Waals surface area contributed by atoms with Crippen molar-refractivity contribution in [3.8, 4) is 11.5 Å². The fraction of sp³-hybridized carbons (Fsp3) is 0.500. The lowest BCUT2D eigenvalue weighted by Crippen LogP contribution is -2.44. The number of hydrogen-bond donors (Lipinski definition) is 1. The maximum atomic E-state index is 6.32. The first-order chi connectivity index (χ1) is 8.77. The summed E-state index contributed by atoms with van der Waals surface area (Å²) in [6.45, 7) is 4.73. The summed E-state index contributed by atoms with van der Waals surface area (Å²) in [5, 5.41) is 4.44. The van der Waals surface area contributed by atoms with Gasteiger partial charge in [0.15, 0.2) is 11.5 Å². The minimum absolute atomic E-state index is 0.508. The van der Waals surface area contributed by atoms with Crippen LogP contribution in [0, 0.1) is 0 Å². The molecule has 3 rings (SSSR count). The fourth-order valence-corrected chi connectivity index (χ4v) is 2.93. The maximum absolute atomic E-state index is 6.32. The van der Waals surface area contributed by atoms with E-state index in [0.29, 0.717) is 34.8 Å². The summed E-state index contributed by atoms with van der Waals surface area (Å²) in [5.74, 6) is 1.29. The Labute approximate surface area is 116 Å². The van der Waals surface area contributed by atoms with Crippen LogP contribution in [-0.2, 0) is 0 Å². The van der Waals surface area contributed by atoms with Gasteiger partial charge < -0.3 is 19.7 Å². The monoisotopic (exact) mass is 288 g/mol. The molecule has 0 bridgehead atoms. The number of hydrogen-bond acceptors (Lipinski definition) is 4. The molecule has 18 heavy (non-hydrogen) atoms. The van der Waals surface area contributed by atoms with Crippen molar-refractivity contribution >= 4 is 28.9 Å². The molecule has 1 aromatic carbocycles. The lowest BCUT2D eigenvalue weighted by atomic mass is 10.2. The van der Waals surface area contributed by atoms with E-state index >= 15 is 0 Å². The minimum atomic E-state index is 0.508. The molecule has 1 aromatic rings. The van der Waals surface area contributed by atoms with Crippen LogP contribution >= 0.6 is 23.2 Å². The molecule has 0 radical (unpaired) electrons. The Balaban J connectivity index is 2.06. The normalized spacial score (nSPS) is 18.9. The van der Waals surface area contributed by atoms with Gasteiger partial charge >= 0.3 is 0 Å². The predicted molar refractivity (Wildman–Crippen MR) is 72.5 cm³/mol. The van der Waals surface area contributed by atoms with Crippen molar-refractivity contribution in [2.24, 2.45) is 0 Å². The number of halogens is 2. The molecule has 0 unspecified atom stereocenters. The molecule has 0 aromatic heterocycles. The van der Waals surface area contributed by atoms with Gasteiger partial charge in [-0.1, -0.05) is 23.2 Å². The highest BCUT2D eigenvalue weighted by Crippen LogP contribution is 2.48. The molecule has 2 aliphatic rings. The number of nitrogens with zero attached hydrogens (tertiary/aromatic N) is 1. The van der Waals surface area contributed by atoms with E-state index in [-0.39, 0.29) is 0 Å². The van der Waals surface area contributed by atoms with Crippen LogP contribution in [0.3, 0.4) is 0 Å². The first-order valence-corrected chi connectivity index (χ1v) is 6.76. The van der Waals surface area contributed by atoms with Crippen molar-refractivity contribution in [2.75, 3.05) is 44.3 Å². The number of rotatable bonds is 1. The van der Waals surface area contributed by atoms with Crippen molar-refractivity contribution in [3.05, 3.63) is 16.1 Å². The number of fused-ring (bicyclic) bond motifs is 1. The molecule has 0 atom stereocenters. The fourth-order valence-electron chi connectivity index (χ4n) is 2.31. The van der Waals surface area contributed by atoms with Crippen molar-refractivity contribution in [1.82, 2.24) is 5.32 Å². The molecule has 4 nitrogen and oxygen atoms in total. The molecule has 2 aliphatic heterocycles. The zero-order chi connectivity index (χ0) is 12.5. The number of benzene rings is 1. The van der Waals surface area contributed by atoms with E-state index < -0.39 is 0 Å². The molecule has 0 spiro atoms. The molecule has 1 fully saturated rings. The zero-order valence-electron chi connectivity index (χ0n) is 9.84. The third-order valence-electron chi connectivity index (χ3n) is 3.13. The Bertz CT molecular complexity index is 462. The van der Waals surface area contributed by atoms with Crippen LogP contribution in [0.25, 0.3) is 0 Å². The van der Waals surface area contributed by atoms with Crippen LogP contribution in [0.5, 0.6) is 11.5 Å². The van der Waals surface area contributed by atoms with Gasteiger partial charge in [0, 0.05) is 26.2 Å². The lowest BCUT2D eigenvalue weighted by Gasteiger charge is -2.33. The maximum Gasteiger partial charge on any atom is 0.187 e. The van der Waals surface area contributed by atoms with E-state index in [0.717, 1.165) is 31.9 Å². The second-order valence-electron chi connectivity index (χ2n) is 4.28. The van der Waals surface area contributed by atoms with E-state index in [2.05, 4.69) is 10.2 Å². The minimum Gasteiger partial charge on any atom is -0.484 e. The summed E-state index contributed by atoms with van der Waals surface area (Å²) in [5.41, 5.74) is 0.900. The highest BCUT2D eigenvalue weighted by molar-refractivity contribution is 6.38. The van der Waals surface area contributed by atoms with E-state index in [1.807, 2.05) is 0 Å². The molecule has 0 amide bonds. The standard InChI is InChI=1S/C12H14Cl2N2O2/c13-8-7-9(14)11-12(18-6-5-17-11)10(8)16-3-1-15-2-4-16/h7,15H,1-6H2. The summed E-state index contributed by atoms with van der Waals surface area (Å²) < 4.78 is 11.3. The molecule has 6 heteroatoms. The van der Waals surface area contributed by atoms with E-state index in [1.54, 1.807) is 6.07 Å². The number of nitrogens with one attached hydrogen (secondary N) is 1. The van der Waals surface area contributed by atoms with Crippen LogP contribution in [0.4, 0.5) is 5.69 Å². The molecule has 98 valence electrons. The Kier molecular flexibility index (Phi) is 3.41. The SMILES string of the molecule is Clc1cc(Cl)c(N2CCNCC2)c2c1OCCO2. The van der Waals surface area contributed by atoms with Crippen LogP contribution in [0.15, 0.2) is 6.07 Å². The Hall–Kier alpha value is -0.840. The molecule has 0 aliphatic carbocycles. The highest BCUT2D eigenvalue weighted by Gasteiger charge is 2.26. The summed E-state index contributed by atoms with van der Waals surface area (Å²) in [7, 11) is 0. The van der Waals surface area contributed by atoms with Crippen molar-refractivity contribution in [2.45, 2.75) is 0 Å². The van der Waals surface area contributed by atoms with Crippen LogP contribution in [0.1, 0.15) is 0 Å². The second-order valence-corrected chi connectivity index (χ2v) is 5.10. The molecule has 0 saturated carbocycles. The number of piperazine rings is 1. The smallest absolute Gasteiger partial charge is 0.187 e. The molecule has 1 N–H and O–H groups in total. The van der Waals surface area contributed by atoms with E-state index in [1.165, 1.54) is 0 Å². The third kappa shape index (κ3) is 2.09. The third-order valence-corrected chi connectivity index (χ3v) is 3.70. The average molecular weight is 289 g/mol. The second kappa shape index (κ2) is 5.03. The summed E-state index contributed by atoms with van der Waals surface area (Å²) in [6.07, 6.45) is 0. The first kappa shape index (κ1) is 12.2. The average Bonchev–Trinajstić information content (AvgIpc) is 2.40. The largest absolute Gasteiger partial charge is 0.484 e. The van der Waals surface area contributed by atoms with Gasteiger partial charge in [0.1, 0.15) is 18.9 Å². The van der Waals surface area contributed by atoms with Crippen molar-refractivity contribution in [1.29, 1.82) is 0 Å². The number of anilines is 1. The van der Waals surface area contributed by atoms with Gasteiger partial charge in [-0.2, -0.15) is 0 Å².